The van der Waals surface area contributed by atoms with Crippen molar-refractivity contribution >= 4 is 0 Å². The van der Waals surface area contributed by atoms with E-state index in [9.17, 15) is 142 Å². The Morgan fingerprint density at radius 1 is 0.304 bits per heavy atom. The monoisotopic (exact) mass is 910 g/mol. The molecule has 1 saturated carbocycles. The first-order valence-electron chi connectivity index (χ1n) is 13.6. The highest BCUT2D eigenvalue weighted by Gasteiger charge is 2.95. The van der Waals surface area contributed by atoms with Gasteiger partial charge in [-0.2, -0.15) is 132 Å². The first kappa shape index (κ1) is 51.8. The van der Waals surface area contributed by atoms with E-state index in [0.29, 0.717) is 10.6 Å². The van der Waals surface area contributed by atoms with Crippen molar-refractivity contribution in [2.24, 2.45) is 0 Å². The lowest BCUT2D eigenvalue weighted by Crippen LogP contribution is -2.75. The van der Waals surface area contributed by atoms with Gasteiger partial charge in [-0.1, -0.05) is 12.8 Å². The largest absolute Gasteiger partial charge is 0.460 e. The molecule has 1 fully saturated rings. The van der Waals surface area contributed by atoms with Crippen molar-refractivity contribution < 1.29 is 142 Å². The summed E-state index contributed by atoms with van der Waals surface area (Å²) < 4.78 is 403. The second-order valence-corrected chi connectivity index (χ2v) is 11.6. The topological polar surface area (TPSA) is 64.5 Å². The smallest absolute Gasteiger partial charge is 0.372 e. The van der Waals surface area contributed by atoms with Gasteiger partial charge < -0.3 is 10.2 Å². The molecule has 56 heavy (non-hydrogen) atoms. The van der Waals surface area contributed by atoms with Gasteiger partial charge in [0.25, 0.3) is 0 Å². The van der Waals surface area contributed by atoms with E-state index < -0.39 is 134 Å². The average molecular weight is 910 g/mol. The van der Waals surface area contributed by atoms with Gasteiger partial charge in [0.05, 0.1) is 0 Å². The third-order valence-electron chi connectivity index (χ3n) is 7.90. The van der Waals surface area contributed by atoms with Crippen LogP contribution in [0.3, 0.4) is 0 Å². The Balaban J connectivity index is 3.55. The first-order chi connectivity index (χ1) is 24.0. The molecule has 1 rings (SSSR count). The fourth-order valence-electron chi connectivity index (χ4n) is 4.45. The molecule has 1 aliphatic rings. The van der Waals surface area contributed by atoms with Crippen LogP contribution in [-0.4, -0.2) is 118 Å². The minimum Gasteiger partial charge on any atom is -0.372 e. The number of hydrogen-bond acceptors (Lipinski definition) is 4. The van der Waals surface area contributed by atoms with Crippen LogP contribution in [0, 0.1) is 0 Å². The molecule has 0 heterocycles. The molecule has 0 bridgehead atoms. The van der Waals surface area contributed by atoms with E-state index >= 15 is 0 Å². The standard InChI is InChI=1S/C22H16F30N2O2/c23-9(24,11(27,28)13(31,32)15(35,36)17(39,40)19(43,44)21(47,48)49)7(55)53-5-3-1-2-4-6(5)54-8(56)10(25,26)12(29,30)14(33,34)16(37,38)18(41,42)20(45,46)22(50,51)52/h5-8,53-56H,1-4H2. The van der Waals surface area contributed by atoms with Gasteiger partial charge in [-0.15, -0.1) is 0 Å². The Morgan fingerprint density at radius 3 is 0.679 bits per heavy atom. The van der Waals surface area contributed by atoms with Crippen LogP contribution in [-0.2, 0) is 0 Å². The van der Waals surface area contributed by atoms with Crippen molar-refractivity contribution in [3.63, 3.8) is 0 Å². The zero-order valence-corrected chi connectivity index (χ0v) is 25.4. The molecular weight excluding hydrogens is 894 g/mol. The molecule has 4 atom stereocenters. The van der Waals surface area contributed by atoms with Gasteiger partial charge in [0, 0.05) is 12.1 Å². The fraction of sp³-hybridized carbons (Fsp3) is 1.00. The molecular formula is C22H16F30N2O2. The van der Waals surface area contributed by atoms with Crippen LogP contribution in [0.4, 0.5) is 132 Å². The molecule has 0 aromatic carbocycles. The lowest BCUT2D eigenvalue weighted by Gasteiger charge is -2.44. The number of rotatable bonds is 16. The van der Waals surface area contributed by atoms with Crippen molar-refractivity contribution in [3.8, 4) is 0 Å². The Hall–Kier alpha value is -2.26. The van der Waals surface area contributed by atoms with E-state index in [0.717, 1.165) is 0 Å². The molecule has 0 saturated heterocycles. The lowest BCUT2D eigenvalue weighted by atomic mass is 9.87. The molecule has 4 nitrogen and oxygen atoms in total. The predicted molar refractivity (Wildman–Crippen MR) is 116 cm³/mol. The molecule has 0 amide bonds. The van der Waals surface area contributed by atoms with Gasteiger partial charge in [-0.3, -0.25) is 10.6 Å². The maximum Gasteiger partial charge on any atom is 0.460 e. The molecule has 34 heteroatoms. The van der Waals surface area contributed by atoms with Gasteiger partial charge in [0.1, 0.15) is 0 Å². The van der Waals surface area contributed by atoms with Crippen molar-refractivity contribution in [1.29, 1.82) is 0 Å². The lowest BCUT2D eigenvalue weighted by molar-refractivity contribution is -0.456. The normalized spacial score (nSPS) is 21.6. The van der Waals surface area contributed by atoms with Crippen LogP contribution in [0.5, 0.6) is 0 Å². The summed E-state index contributed by atoms with van der Waals surface area (Å²) >= 11 is 0. The number of halogens is 30. The third kappa shape index (κ3) is 7.12. The van der Waals surface area contributed by atoms with Crippen LogP contribution in [0.2, 0.25) is 0 Å². The highest BCUT2D eigenvalue weighted by molar-refractivity contribution is 5.16. The average Bonchev–Trinajstić information content (AvgIpc) is 2.99. The van der Waals surface area contributed by atoms with E-state index in [2.05, 4.69) is 0 Å². The van der Waals surface area contributed by atoms with Crippen molar-refractivity contribution in [2.45, 2.75) is 134 Å². The number of nitrogens with one attached hydrogen (secondary N) is 2. The summed E-state index contributed by atoms with van der Waals surface area (Å²) in [5.41, 5.74) is 0. The molecule has 1 aliphatic carbocycles. The quantitative estimate of drug-likeness (QED) is 0.0924. The van der Waals surface area contributed by atoms with Crippen LogP contribution < -0.4 is 10.6 Å². The van der Waals surface area contributed by atoms with Crippen molar-refractivity contribution in [1.82, 2.24) is 10.6 Å². The van der Waals surface area contributed by atoms with E-state index in [1.165, 1.54) is 0 Å². The molecule has 336 valence electrons. The second-order valence-electron chi connectivity index (χ2n) is 11.6. The molecule has 0 aromatic rings. The van der Waals surface area contributed by atoms with Gasteiger partial charge in [0.15, 0.2) is 12.5 Å². The summed E-state index contributed by atoms with van der Waals surface area (Å²) in [7, 11) is 0. The zero-order valence-electron chi connectivity index (χ0n) is 25.4. The molecule has 4 N–H and O–H groups in total. The molecule has 0 aromatic heterocycles. The summed E-state index contributed by atoms with van der Waals surface area (Å²) in [6.45, 7) is 0. The summed E-state index contributed by atoms with van der Waals surface area (Å²) in [5, 5.41) is 19.9. The Kier molecular flexibility index (Phi) is 13.1. The van der Waals surface area contributed by atoms with Gasteiger partial charge in [0.2, 0.25) is 0 Å². The summed E-state index contributed by atoms with van der Waals surface area (Å²) in [6.07, 6.45) is -30.0. The number of alkyl halides is 30. The summed E-state index contributed by atoms with van der Waals surface area (Å²) in [4.78, 5) is 0. The Labute approximate surface area is 287 Å². The molecule has 4 unspecified atom stereocenters. The summed E-state index contributed by atoms with van der Waals surface area (Å²) in [6, 6.07) is -5.75. The van der Waals surface area contributed by atoms with Crippen molar-refractivity contribution in [3.05, 3.63) is 0 Å². The highest BCUT2D eigenvalue weighted by atomic mass is 19.4. The molecule has 0 radical (unpaired) electrons. The van der Waals surface area contributed by atoms with E-state index in [-0.39, 0.29) is 0 Å². The SMILES string of the molecule is OC(NC1CCCCC1NC(O)C(F)(F)C(F)(F)C(F)(F)C(F)(F)C(F)(F)C(F)(F)C(F)(F)F)C(F)(F)C(F)(F)C(F)(F)C(F)(F)C(F)(F)C(F)(F)C(F)(F)F. The van der Waals surface area contributed by atoms with E-state index in [1.54, 1.807) is 0 Å². The van der Waals surface area contributed by atoms with Crippen molar-refractivity contribution in [2.75, 3.05) is 0 Å². The zero-order chi connectivity index (χ0) is 45.6. The van der Waals surface area contributed by atoms with Crippen LogP contribution >= 0.6 is 0 Å². The van der Waals surface area contributed by atoms with Crippen LogP contribution in [0.15, 0.2) is 0 Å². The van der Waals surface area contributed by atoms with Gasteiger partial charge in [-0.05, 0) is 12.8 Å². The number of aliphatic hydroxyl groups is 2. The Morgan fingerprint density at radius 2 is 0.482 bits per heavy atom. The second kappa shape index (κ2) is 14.2. The predicted octanol–water partition coefficient (Wildman–Crippen LogP) is 8.86. The van der Waals surface area contributed by atoms with Crippen LogP contribution in [0.25, 0.3) is 0 Å². The minimum absolute atomic E-state index is 0.501. The van der Waals surface area contributed by atoms with E-state index in [4.69, 9.17) is 0 Å². The van der Waals surface area contributed by atoms with E-state index in [1.807, 2.05) is 0 Å². The first-order valence-corrected chi connectivity index (χ1v) is 13.6. The number of hydrogen-bond donors (Lipinski definition) is 4. The fourth-order valence-corrected chi connectivity index (χ4v) is 4.45. The summed E-state index contributed by atoms with van der Waals surface area (Å²) in [5.74, 6) is -102. The third-order valence-corrected chi connectivity index (χ3v) is 7.90. The van der Waals surface area contributed by atoms with Gasteiger partial charge >= 0.3 is 83.4 Å². The highest BCUT2D eigenvalue weighted by Crippen LogP contribution is 2.64. The Bertz CT molecular complexity index is 1270. The maximum atomic E-state index is 14.4. The maximum absolute atomic E-state index is 14.4. The number of aliphatic hydroxyl groups excluding tert-OH is 2. The molecule has 0 aliphatic heterocycles. The molecule has 0 spiro atoms. The van der Waals surface area contributed by atoms with Gasteiger partial charge in [-0.25, -0.2) is 0 Å². The van der Waals surface area contributed by atoms with Crippen LogP contribution in [0.1, 0.15) is 25.7 Å². The minimum atomic E-state index is -8.87.